The summed E-state index contributed by atoms with van der Waals surface area (Å²) in [6, 6.07) is 7.59. The maximum atomic E-state index is 5.99. The second-order valence-electron chi connectivity index (χ2n) is 4.72. The first-order valence-electron chi connectivity index (χ1n) is 7.19. The SMILES string of the molecule is COc1ccc(OCCCN=C(N)N2CCSCC2)cc1. The molecule has 0 atom stereocenters. The number of rotatable bonds is 6. The van der Waals surface area contributed by atoms with Gasteiger partial charge in [-0.25, -0.2) is 0 Å². The monoisotopic (exact) mass is 309 g/mol. The van der Waals surface area contributed by atoms with Crippen LogP contribution in [0.1, 0.15) is 6.42 Å². The van der Waals surface area contributed by atoms with Crippen LogP contribution >= 0.6 is 11.8 Å². The van der Waals surface area contributed by atoms with Crippen molar-refractivity contribution in [1.82, 2.24) is 4.90 Å². The Labute approximate surface area is 130 Å². The van der Waals surface area contributed by atoms with E-state index < -0.39 is 0 Å². The first kappa shape index (κ1) is 15.8. The molecule has 6 heteroatoms. The van der Waals surface area contributed by atoms with E-state index >= 15 is 0 Å². The average molecular weight is 309 g/mol. The molecule has 1 fully saturated rings. The van der Waals surface area contributed by atoms with Crippen molar-refractivity contribution in [3.8, 4) is 11.5 Å². The molecule has 0 radical (unpaired) electrons. The largest absolute Gasteiger partial charge is 0.497 e. The van der Waals surface area contributed by atoms with Gasteiger partial charge in [-0.2, -0.15) is 11.8 Å². The van der Waals surface area contributed by atoms with Gasteiger partial charge in [-0.05, 0) is 24.3 Å². The van der Waals surface area contributed by atoms with Gasteiger partial charge in [-0.3, -0.25) is 4.99 Å². The molecule has 2 N–H and O–H groups in total. The van der Waals surface area contributed by atoms with Gasteiger partial charge in [0, 0.05) is 37.6 Å². The van der Waals surface area contributed by atoms with Crippen LogP contribution in [0.4, 0.5) is 0 Å². The lowest BCUT2D eigenvalue weighted by Crippen LogP contribution is -2.42. The van der Waals surface area contributed by atoms with Crippen LogP contribution < -0.4 is 15.2 Å². The molecule has 1 aliphatic heterocycles. The van der Waals surface area contributed by atoms with Crippen LogP contribution in [-0.2, 0) is 0 Å². The molecule has 1 aromatic rings. The molecule has 0 unspecified atom stereocenters. The van der Waals surface area contributed by atoms with Gasteiger partial charge in [0.25, 0.3) is 0 Å². The highest BCUT2D eigenvalue weighted by atomic mass is 32.2. The first-order chi connectivity index (χ1) is 10.3. The van der Waals surface area contributed by atoms with E-state index in [1.54, 1.807) is 7.11 Å². The molecule has 1 aromatic carbocycles. The van der Waals surface area contributed by atoms with Crippen LogP contribution in [0.2, 0.25) is 0 Å². The van der Waals surface area contributed by atoms with E-state index in [1.165, 1.54) is 0 Å². The number of hydrogen-bond acceptors (Lipinski definition) is 4. The number of nitrogens with zero attached hydrogens (tertiary/aromatic N) is 2. The van der Waals surface area contributed by atoms with E-state index in [1.807, 2.05) is 36.0 Å². The minimum Gasteiger partial charge on any atom is -0.497 e. The fraction of sp³-hybridized carbons (Fsp3) is 0.533. The number of hydrogen-bond donors (Lipinski definition) is 1. The van der Waals surface area contributed by atoms with Crippen LogP contribution in [-0.4, -0.2) is 55.7 Å². The van der Waals surface area contributed by atoms with Crippen LogP contribution in [0, 0.1) is 0 Å². The van der Waals surface area contributed by atoms with E-state index in [0.717, 1.165) is 42.5 Å². The summed E-state index contributed by atoms with van der Waals surface area (Å²) in [4.78, 5) is 6.57. The van der Waals surface area contributed by atoms with E-state index in [2.05, 4.69) is 9.89 Å². The maximum Gasteiger partial charge on any atom is 0.191 e. The number of nitrogens with two attached hydrogens (primary N) is 1. The van der Waals surface area contributed by atoms with Gasteiger partial charge in [0.05, 0.1) is 13.7 Å². The third-order valence-corrected chi connectivity index (χ3v) is 4.18. The van der Waals surface area contributed by atoms with Gasteiger partial charge in [0.2, 0.25) is 0 Å². The van der Waals surface area contributed by atoms with E-state index in [-0.39, 0.29) is 0 Å². The molecule has 2 rings (SSSR count). The Morgan fingerprint density at radius 3 is 2.57 bits per heavy atom. The summed E-state index contributed by atoms with van der Waals surface area (Å²) in [5, 5.41) is 0. The molecule has 0 amide bonds. The van der Waals surface area contributed by atoms with Crippen LogP contribution in [0.3, 0.4) is 0 Å². The molecule has 1 saturated heterocycles. The van der Waals surface area contributed by atoms with Crippen molar-refractivity contribution in [2.75, 3.05) is 44.9 Å². The zero-order valence-electron chi connectivity index (χ0n) is 12.5. The lowest BCUT2D eigenvalue weighted by atomic mass is 10.3. The Kier molecular flexibility index (Phi) is 6.53. The average Bonchev–Trinajstić information content (AvgIpc) is 2.55. The van der Waals surface area contributed by atoms with Crippen molar-refractivity contribution in [3.05, 3.63) is 24.3 Å². The van der Waals surface area contributed by atoms with Gasteiger partial charge in [0.1, 0.15) is 11.5 Å². The van der Waals surface area contributed by atoms with Gasteiger partial charge < -0.3 is 20.1 Å². The number of thioether (sulfide) groups is 1. The number of guanidine groups is 1. The highest BCUT2D eigenvalue weighted by Crippen LogP contribution is 2.17. The summed E-state index contributed by atoms with van der Waals surface area (Å²) in [6.07, 6.45) is 0.856. The van der Waals surface area contributed by atoms with Crippen molar-refractivity contribution < 1.29 is 9.47 Å². The molecule has 0 saturated carbocycles. The summed E-state index contributed by atoms with van der Waals surface area (Å²) < 4.78 is 10.8. The number of benzene rings is 1. The lowest BCUT2D eigenvalue weighted by molar-refractivity contribution is 0.312. The van der Waals surface area contributed by atoms with Crippen molar-refractivity contribution >= 4 is 17.7 Å². The van der Waals surface area contributed by atoms with Gasteiger partial charge in [-0.1, -0.05) is 0 Å². The molecule has 1 heterocycles. The predicted octanol–water partition coefficient (Wildman–Crippen LogP) is 1.83. The van der Waals surface area contributed by atoms with Crippen molar-refractivity contribution in [1.29, 1.82) is 0 Å². The molecule has 0 aromatic heterocycles. The molecular weight excluding hydrogens is 286 g/mol. The van der Waals surface area contributed by atoms with E-state index in [0.29, 0.717) is 19.1 Å². The Morgan fingerprint density at radius 1 is 1.24 bits per heavy atom. The number of aliphatic imine (C=N–C) groups is 1. The summed E-state index contributed by atoms with van der Waals surface area (Å²) in [5.74, 6) is 4.62. The van der Waals surface area contributed by atoms with Gasteiger partial charge in [0.15, 0.2) is 5.96 Å². The molecule has 0 aliphatic carbocycles. The van der Waals surface area contributed by atoms with E-state index in [4.69, 9.17) is 15.2 Å². The molecular formula is C15H23N3O2S. The Balaban J connectivity index is 1.64. The molecule has 21 heavy (non-hydrogen) atoms. The number of methoxy groups -OCH3 is 1. The van der Waals surface area contributed by atoms with Crippen LogP contribution in [0.25, 0.3) is 0 Å². The summed E-state index contributed by atoms with van der Waals surface area (Å²) in [6.45, 7) is 3.34. The topological polar surface area (TPSA) is 60.1 Å². The normalized spacial score (nSPS) is 15.9. The Bertz CT molecular complexity index is 445. The van der Waals surface area contributed by atoms with Crippen molar-refractivity contribution in [2.45, 2.75) is 6.42 Å². The van der Waals surface area contributed by atoms with Gasteiger partial charge in [-0.15, -0.1) is 0 Å². The summed E-state index contributed by atoms with van der Waals surface area (Å²) in [7, 11) is 1.65. The highest BCUT2D eigenvalue weighted by Gasteiger charge is 2.11. The maximum absolute atomic E-state index is 5.99. The molecule has 0 spiro atoms. The summed E-state index contributed by atoms with van der Waals surface area (Å²) in [5.41, 5.74) is 5.99. The second kappa shape index (κ2) is 8.67. The minimum absolute atomic E-state index is 0.638. The predicted molar refractivity (Wildman–Crippen MR) is 88.5 cm³/mol. The van der Waals surface area contributed by atoms with E-state index in [9.17, 15) is 0 Å². The van der Waals surface area contributed by atoms with Gasteiger partial charge >= 0.3 is 0 Å². The fourth-order valence-electron chi connectivity index (χ4n) is 2.01. The second-order valence-corrected chi connectivity index (χ2v) is 5.94. The number of ether oxygens (including phenoxy) is 2. The molecule has 0 bridgehead atoms. The minimum atomic E-state index is 0.638. The van der Waals surface area contributed by atoms with Crippen molar-refractivity contribution in [2.24, 2.45) is 10.7 Å². The quantitative estimate of drug-likeness (QED) is 0.493. The van der Waals surface area contributed by atoms with Crippen molar-refractivity contribution in [3.63, 3.8) is 0 Å². The first-order valence-corrected chi connectivity index (χ1v) is 8.34. The zero-order valence-corrected chi connectivity index (χ0v) is 13.3. The molecule has 1 aliphatic rings. The third-order valence-electron chi connectivity index (χ3n) is 3.24. The standard InChI is InChI=1S/C15H23N3O2S/c1-19-13-3-5-14(6-4-13)20-10-2-7-17-15(16)18-8-11-21-12-9-18/h3-6H,2,7-12H2,1H3,(H2,16,17). The summed E-state index contributed by atoms with van der Waals surface area (Å²) >= 11 is 1.97. The van der Waals surface area contributed by atoms with Crippen LogP contribution in [0.15, 0.2) is 29.3 Å². The Morgan fingerprint density at radius 2 is 1.90 bits per heavy atom. The Hall–Kier alpha value is -1.56. The third kappa shape index (κ3) is 5.38. The molecule has 116 valence electrons. The molecule has 5 nitrogen and oxygen atoms in total. The fourth-order valence-corrected chi connectivity index (χ4v) is 2.92. The highest BCUT2D eigenvalue weighted by molar-refractivity contribution is 7.99. The smallest absolute Gasteiger partial charge is 0.191 e. The zero-order chi connectivity index (χ0) is 14.9. The van der Waals surface area contributed by atoms with Crippen LogP contribution in [0.5, 0.6) is 11.5 Å². The lowest BCUT2D eigenvalue weighted by Gasteiger charge is -2.27.